The minimum Gasteiger partial charge on any atom is -0.507 e. The zero-order valence-electron chi connectivity index (χ0n) is 30.6. The van der Waals surface area contributed by atoms with Gasteiger partial charge >= 0.3 is 0 Å². The smallest absolute Gasteiger partial charge is 0.123 e. The fourth-order valence-corrected chi connectivity index (χ4v) is 5.82. The first-order valence-corrected chi connectivity index (χ1v) is 16.2. The van der Waals surface area contributed by atoms with Crippen LogP contribution in [0.1, 0.15) is 167 Å². The van der Waals surface area contributed by atoms with Gasteiger partial charge in [-0.3, -0.25) is 0 Å². The van der Waals surface area contributed by atoms with Gasteiger partial charge < -0.3 is 15.3 Å². The van der Waals surface area contributed by atoms with Crippen LogP contribution in [0.15, 0.2) is 36.4 Å². The Labute approximate surface area is 268 Å². The maximum atomic E-state index is 12.0. The first-order chi connectivity index (χ1) is 19.6. The predicted molar refractivity (Wildman–Crippen MR) is 188 cm³/mol. The van der Waals surface area contributed by atoms with Gasteiger partial charge in [0.25, 0.3) is 0 Å². The Morgan fingerprint density at radius 3 is 1.14 bits per heavy atom. The quantitative estimate of drug-likeness (QED) is 0.279. The topological polar surface area (TPSA) is 60.7 Å². The zero-order chi connectivity index (χ0) is 34.0. The van der Waals surface area contributed by atoms with E-state index in [2.05, 4.69) is 147 Å². The van der Waals surface area contributed by atoms with Gasteiger partial charge in [0.2, 0.25) is 0 Å². The second-order valence-electron chi connectivity index (χ2n) is 18.2. The van der Waals surface area contributed by atoms with E-state index in [1.165, 1.54) is 0 Å². The van der Waals surface area contributed by atoms with Crippen molar-refractivity contribution in [3.05, 3.63) is 86.5 Å². The highest BCUT2D eigenvalue weighted by molar-refractivity contribution is 5.58. The largest absolute Gasteiger partial charge is 0.507 e. The lowest BCUT2D eigenvalue weighted by Crippen LogP contribution is -2.18. The van der Waals surface area contributed by atoms with E-state index in [0.29, 0.717) is 17.9 Å². The lowest BCUT2D eigenvalue weighted by Gasteiger charge is -2.30. The molecular formula is C41H60O3. The van der Waals surface area contributed by atoms with Gasteiger partial charge in [-0.05, 0) is 66.0 Å². The van der Waals surface area contributed by atoms with Crippen molar-refractivity contribution in [3.63, 3.8) is 0 Å². The lowest BCUT2D eigenvalue weighted by molar-refractivity contribution is 0.432. The standard InChI is InChI=1S/C41H60O3/c1-24(31-21-29(39(8,9)10)23-33(36(31)44)41(14,15)16)30-20-27(37(2,3)4)18-25(34(30)42)17-26-19-28(38(5,6)7)22-32(35(26)43)40(11,12)13/h18-24,42-44H,17H2,1-16H3. The molecule has 44 heavy (non-hydrogen) atoms. The normalized spacial score (nSPS) is 14.2. The van der Waals surface area contributed by atoms with E-state index >= 15 is 0 Å². The van der Waals surface area contributed by atoms with E-state index in [1.54, 1.807) is 0 Å². The zero-order valence-corrected chi connectivity index (χ0v) is 30.6. The summed E-state index contributed by atoms with van der Waals surface area (Å²) in [6.45, 7) is 34.5. The molecule has 3 heteroatoms. The summed E-state index contributed by atoms with van der Waals surface area (Å²) in [6, 6.07) is 12.7. The third kappa shape index (κ3) is 7.47. The summed E-state index contributed by atoms with van der Waals surface area (Å²) in [5.74, 6) is 0.553. The maximum absolute atomic E-state index is 12.0. The Hall–Kier alpha value is -2.94. The van der Waals surface area contributed by atoms with Crippen molar-refractivity contribution in [3.8, 4) is 17.2 Å². The fraction of sp³-hybridized carbons (Fsp3) is 0.561. The molecule has 0 aliphatic heterocycles. The summed E-state index contributed by atoms with van der Waals surface area (Å²) in [5.41, 5.74) is 7.59. The maximum Gasteiger partial charge on any atom is 0.123 e. The molecule has 3 N–H and O–H groups in total. The Kier molecular flexibility index (Phi) is 9.25. The molecule has 0 radical (unpaired) electrons. The molecule has 3 aromatic carbocycles. The molecule has 3 aromatic rings. The van der Waals surface area contributed by atoms with Crippen molar-refractivity contribution in [2.75, 3.05) is 0 Å². The molecular weight excluding hydrogens is 540 g/mol. The van der Waals surface area contributed by atoms with Gasteiger partial charge in [-0.1, -0.05) is 147 Å². The molecule has 0 amide bonds. The molecule has 0 aromatic heterocycles. The van der Waals surface area contributed by atoms with Crippen LogP contribution in [0.25, 0.3) is 0 Å². The summed E-state index contributed by atoms with van der Waals surface area (Å²) in [7, 11) is 0. The summed E-state index contributed by atoms with van der Waals surface area (Å²) < 4.78 is 0. The highest BCUT2D eigenvalue weighted by Gasteiger charge is 2.30. The van der Waals surface area contributed by atoms with Crippen LogP contribution in [-0.2, 0) is 33.5 Å². The average molecular weight is 601 g/mol. The molecule has 0 aliphatic carbocycles. The van der Waals surface area contributed by atoms with Crippen LogP contribution in [0.2, 0.25) is 0 Å². The molecule has 1 unspecified atom stereocenters. The number of aromatic hydroxyl groups is 3. The summed E-state index contributed by atoms with van der Waals surface area (Å²) in [4.78, 5) is 0. The van der Waals surface area contributed by atoms with E-state index in [-0.39, 0.29) is 38.7 Å². The average Bonchev–Trinajstić information content (AvgIpc) is 2.82. The van der Waals surface area contributed by atoms with Gasteiger partial charge in [0.1, 0.15) is 17.2 Å². The van der Waals surface area contributed by atoms with Gasteiger partial charge in [0.05, 0.1) is 0 Å². The van der Waals surface area contributed by atoms with Gasteiger partial charge in [0.15, 0.2) is 0 Å². The first-order valence-electron chi connectivity index (χ1n) is 16.2. The second-order valence-corrected chi connectivity index (χ2v) is 18.2. The van der Waals surface area contributed by atoms with E-state index in [1.807, 2.05) is 0 Å². The third-order valence-corrected chi connectivity index (χ3v) is 9.07. The van der Waals surface area contributed by atoms with Gasteiger partial charge in [-0.2, -0.15) is 0 Å². The van der Waals surface area contributed by atoms with Crippen molar-refractivity contribution >= 4 is 0 Å². The molecule has 0 fully saturated rings. The monoisotopic (exact) mass is 600 g/mol. The summed E-state index contributed by atoms with van der Waals surface area (Å²) >= 11 is 0. The van der Waals surface area contributed by atoms with Crippen LogP contribution >= 0.6 is 0 Å². The van der Waals surface area contributed by atoms with Crippen molar-refractivity contribution in [1.29, 1.82) is 0 Å². The molecule has 0 saturated carbocycles. The molecule has 3 nitrogen and oxygen atoms in total. The predicted octanol–water partition coefficient (Wildman–Crippen LogP) is 11.0. The Morgan fingerprint density at radius 2 is 0.750 bits per heavy atom. The Balaban J connectivity index is 2.34. The molecule has 0 saturated heterocycles. The number of benzene rings is 3. The third-order valence-electron chi connectivity index (χ3n) is 9.07. The molecule has 1 atom stereocenters. The van der Waals surface area contributed by atoms with E-state index in [9.17, 15) is 15.3 Å². The van der Waals surface area contributed by atoms with Gasteiger partial charge in [0, 0.05) is 23.5 Å². The van der Waals surface area contributed by atoms with Crippen LogP contribution in [0.4, 0.5) is 0 Å². The number of hydrogen-bond donors (Lipinski definition) is 3. The van der Waals surface area contributed by atoms with Crippen molar-refractivity contribution < 1.29 is 15.3 Å². The summed E-state index contributed by atoms with van der Waals surface area (Å²) in [5, 5.41) is 35.3. The number of rotatable bonds is 4. The number of hydrogen-bond acceptors (Lipinski definition) is 3. The molecule has 0 heterocycles. The van der Waals surface area contributed by atoms with Gasteiger partial charge in [-0.15, -0.1) is 0 Å². The fourth-order valence-electron chi connectivity index (χ4n) is 5.82. The van der Waals surface area contributed by atoms with Crippen LogP contribution in [0.3, 0.4) is 0 Å². The van der Waals surface area contributed by atoms with E-state index in [0.717, 1.165) is 50.1 Å². The highest BCUT2D eigenvalue weighted by Crippen LogP contribution is 2.46. The molecule has 3 rings (SSSR count). The SMILES string of the molecule is CC(c1cc(C(C)(C)C)cc(Cc2cc(C(C)(C)C)cc(C(C)(C)C)c2O)c1O)c1cc(C(C)(C)C)cc(C(C)(C)C)c1O. The van der Waals surface area contributed by atoms with Crippen LogP contribution in [-0.4, -0.2) is 15.3 Å². The minimum atomic E-state index is -0.265. The summed E-state index contributed by atoms with van der Waals surface area (Å²) in [6.07, 6.45) is 0.398. The molecule has 0 aliphatic rings. The van der Waals surface area contributed by atoms with Crippen LogP contribution < -0.4 is 0 Å². The molecule has 0 spiro atoms. The van der Waals surface area contributed by atoms with Crippen LogP contribution in [0, 0.1) is 0 Å². The molecule has 0 bridgehead atoms. The van der Waals surface area contributed by atoms with Crippen molar-refractivity contribution in [2.24, 2.45) is 0 Å². The van der Waals surface area contributed by atoms with E-state index in [4.69, 9.17) is 0 Å². The van der Waals surface area contributed by atoms with Crippen molar-refractivity contribution in [1.82, 2.24) is 0 Å². The number of phenols is 3. The second kappa shape index (κ2) is 11.5. The Bertz CT molecular complexity index is 1520. The van der Waals surface area contributed by atoms with Crippen LogP contribution in [0.5, 0.6) is 17.2 Å². The lowest BCUT2D eigenvalue weighted by atomic mass is 9.75. The highest BCUT2D eigenvalue weighted by atomic mass is 16.3. The van der Waals surface area contributed by atoms with Crippen molar-refractivity contribution in [2.45, 2.75) is 150 Å². The number of phenolic OH excluding ortho intramolecular Hbond substituents is 3. The first kappa shape index (κ1) is 35.5. The van der Waals surface area contributed by atoms with Gasteiger partial charge in [-0.25, -0.2) is 0 Å². The Morgan fingerprint density at radius 1 is 0.432 bits per heavy atom. The molecule has 242 valence electrons. The minimum absolute atomic E-state index is 0.0994. The van der Waals surface area contributed by atoms with E-state index < -0.39 is 0 Å².